The van der Waals surface area contributed by atoms with Crippen LogP contribution in [0.4, 0.5) is 26.3 Å². The second kappa shape index (κ2) is 9.77. The van der Waals surface area contributed by atoms with E-state index < -0.39 is 29.4 Å². The summed E-state index contributed by atoms with van der Waals surface area (Å²) in [4.78, 5) is 16.8. The minimum atomic E-state index is -4.73. The zero-order valence-corrected chi connectivity index (χ0v) is 17.6. The Bertz CT molecular complexity index is 1070. The molecule has 33 heavy (non-hydrogen) atoms. The average molecular weight is 465 g/mol. The van der Waals surface area contributed by atoms with Crippen LogP contribution in [0.1, 0.15) is 59.5 Å². The fraction of sp³-hybridized carbons (Fsp3) is 0.280. The number of carbonyl (C=O) groups excluding carboxylic acids is 1. The minimum Gasteiger partial charge on any atom is -0.300 e. The smallest absolute Gasteiger partial charge is 0.300 e. The monoisotopic (exact) mass is 465 g/mol. The molecule has 0 saturated carbocycles. The van der Waals surface area contributed by atoms with E-state index in [9.17, 15) is 31.1 Å². The molecule has 2 aromatic carbocycles. The number of carbonyl (C=O) groups is 1. The van der Waals surface area contributed by atoms with Crippen molar-refractivity contribution >= 4 is 5.78 Å². The number of pyridine rings is 1. The van der Waals surface area contributed by atoms with E-state index in [0.717, 1.165) is 42.0 Å². The van der Waals surface area contributed by atoms with Crippen LogP contribution in [0.25, 0.3) is 0 Å². The van der Waals surface area contributed by atoms with Crippen molar-refractivity contribution < 1.29 is 31.1 Å². The summed E-state index contributed by atoms with van der Waals surface area (Å²) >= 11 is 0. The van der Waals surface area contributed by atoms with Gasteiger partial charge in [-0.3, -0.25) is 9.78 Å². The highest BCUT2D eigenvalue weighted by atomic mass is 19.4. The lowest BCUT2D eigenvalue weighted by molar-refractivity contribution is -0.139. The summed E-state index contributed by atoms with van der Waals surface area (Å²) in [5, 5.41) is 0. The number of hydrogen-bond acceptors (Lipinski definition) is 2. The largest absolute Gasteiger partial charge is 0.418 e. The molecule has 0 bridgehead atoms. The maximum absolute atomic E-state index is 13.6. The molecule has 0 radical (unpaired) electrons. The van der Waals surface area contributed by atoms with Gasteiger partial charge in [-0.05, 0) is 41.3 Å². The molecule has 0 N–H and O–H groups in total. The number of hydrogen-bond donors (Lipinski definition) is 0. The Morgan fingerprint density at radius 2 is 1.42 bits per heavy atom. The molecule has 0 saturated heterocycles. The molecular formula is C25H21F6NO. The molecule has 1 heterocycles. The van der Waals surface area contributed by atoms with Crippen LogP contribution >= 0.6 is 0 Å². The van der Waals surface area contributed by atoms with E-state index in [1.165, 1.54) is 6.20 Å². The van der Waals surface area contributed by atoms with E-state index >= 15 is 0 Å². The maximum Gasteiger partial charge on any atom is 0.418 e. The lowest BCUT2D eigenvalue weighted by Gasteiger charge is -2.22. The van der Waals surface area contributed by atoms with Gasteiger partial charge in [-0.2, -0.15) is 26.3 Å². The van der Waals surface area contributed by atoms with Crippen LogP contribution in [0.2, 0.25) is 0 Å². The van der Waals surface area contributed by atoms with Gasteiger partial charge < -0.3 is 0 Å². The van der Waals surface area contributed by atoms with E-state index in [1.807, 2.05) is 37.3 Å². The molecule has 8 heteroatoms. The molecular weight excluding hydrogens is 444 g/mol. The van der Waals surface area contributed by atoms with E-state index in [2.05, 4.69) is 4.98 Å². The Hall–Kier alpha value is -3.16. The Morgan fingerprint density at radius 3 is 2.00 bits per heavy atom. The lowest BCUT2D eigenvalue weighted by Crippen LogP contribution is -2.18. The van der Waals surface area contributed by atoms with E-state index in [1.54, 1.807) is 0 Å². The van der Waals surface area contributed by atoms with Crippen LogP contribution in [0.15, 0.2) is 72.9 Å². The highest BCUT2D eigenvalue weighted by Gasteiger charge is 2.37. The van der Waals surface area contributed by atoms with Crippen LogP contribution in [0, 0.1) is 0 Å². The molecule has 2 atom stereocenters. The third-order valence-electron chi connectivity index (χ3n) is 5.45. The first-order chi connectivity index (χ1) is 15.5. The van der Waals surface area contributed by atoms with Crippen LogP contribution in [0.3, 0.4) is 0 Å². The fourth-order valence-corrected chi connectivity index (χ4v) is 3.76. The van der Waals surface area contributed by atoms with Crippen molar-refractivity contribution in [2.75, 3.05) is 0 Å². The van der Waals surface area contributed by atoms with Crippen LogP contribution in [0.5, 0.6) is 0 Å². The third-order valence-corrected chi connectivity index (χ3v) is 5.45. The summed E-state index contributed by atoms with van der Waals surface area (Å²) < 4.78 is 79.8. The highest BCUT2D eigenvalue weighted by Crippen LogP contribution is 2.39. The first kappa shape index (κ1) is 24.5. The van der Waals surface area contributed by atoms with Gasteiger partial charge in [-0.15, -0.1) is 0 Å². The Labute approximate surface area is 187 Å². The summed E-state index contributed by atoms with van der Waals surface area (Å²) in [5.74, 6) is -1.62. The molecule has 3 aromatic rings. The van der Waals surface area contributed by atoms with Gasteiger partial charge in [0.25, 0.3) is 0 Å². The predicted molar refractivity (Wildman–Crippen MR) is 112 cm³/mol. The van der Waals surface area contributed by atoms with Gasteiger partial charge >= 0.3 is 12.4 Å². The number of aromatic nitrogens is 1. The molecule has 0 spiro atoms. The molecule has 0 fully saturated rings. The quantitative estimate of drug-likeness (QED) is 0.340. The Morgan fingerprint density at radius 1 is 0.788 bits per heavy atom. The molecule has 0 amide bonds. The molecule has 2 nitrogen and oxygen atoms in total. The zero-order valence-electron chi connectivity index (χ0n) is 17.6. The molecule has 0 aliphatic heterocycles. The number of halogens is 6. The standard InChI is InChI=1S/C25H21F6NO/c1-16(17-6-3-2-4-7-17)14-20(33)15-21(18-9-11-19(12-10-18)24(26,27)28)23-22(25(29,30)31)8-5-13-32-23/h2-13,16,21H,14-15H2,1H3/t16-,21-/m0/s1. The summed E-state index contributed by atoms with van der Waals surface area (Å²) in [6, 6.07) is 15.0. The first-order valence-corrected chi connectivity index (χ1v) is 10.2. The number of ketones is 1. The zero-order chi connectivity index (χ0) is 24.2. The van der Waals surface area contributed by atoms with Gasteiger partial charge in [0.05, 0.1) is 16.8 Å². The van der Waals surface area contributed by atoms with Crippen LogP contribution in [-0.2, 0) is 17.1 Å². The molecule has 0 unspecified atom stereocenters. The SMILES string of the molecule is C[C@@H](CC(=O)C[C@@H](c1ccc(C(F)(F)F)cc1)c1ncccc1C(F)(F)F)c1ccccc1. The number of alkyl halides is 6. The summed E-state index contributed by atoms with van der Waals surface area (Å²) in [6.45, 7) is 1.84. The lowest BCUT2D eigenvalue weighted by atomic mass is 9.85. The van der Waals surface area contributed by atoms with Crippen molar-refractivity contribution in [1.29, 1.82) is 0 Å². The molecule has 1 aromatic heterocycles. The van der Waals surface area contributed by atoms with Crippen molar-refractivity contribution in [3.8, 4) is 0 Å². The van der Waals surface area contributed by atoms with Crippen molar-refractivity contribution in [2.45, 2.75) is 44.0 Å². The highest BCUT2D eigenvalue weighted by molar-refractivity contribution is 5.80. The predicted octanol–water partition coefficient (Wildman–Crippen LogP) is 7.40. The van der Waals surface area contributed by atoms with E-state index in [0.29, 0.717) is 0 Å². The number of Topliss-reactive ketones (excluding diaryl/α,β-unsaturated/α-hetero) is 1. The molecule has 174 valence electrons. The summed E-state index contributed by atoms with van der Waals surface area (Å²) in [6.07, 6.45) is -8.37. The average Bonchev–Trinajstić information content (AvgIpc) is 2.77. The van der Waals surface area contributed by atoms with Gasteiger partial charge in [0.15, 0.2) is 0 Å². The van der Waals surface area contributed by atoms with Gasteiger partial charge in [0.1, 0.15) is 5.78 Å². The second-order valence-corrected chi connectivity index (χ2v) is 7.86. The van der Waals surface area contributed by atoms with Gasteiger partial charge in [-0.1, -0.05) is 49.4 Å². The van der Waals surface area contributed by atoms with E-state index in [4.69, 9.17) is 0 Å². The number of benzene rings is 2. The summed E-state index contributed by atoms with van der Waals surface area (Å²) in [7, 11) is 0. The third kappa shape index (κ3) is 6.21. The van der Waals surface area contributed by atoms with Crippen LogP contribution < -0.4 is 0 Å². The Kier molecular flexibility index (Phi) is 7.25. The molecule has 0 aliphatic carbocycles. The molecule has 0 aliphatic rings. The van der Waals surface area contributed by atoms with Crippen molar-refractivity contribution in [3.05, 3.63) is 101 Å². The van der Waals surface area contributed by atoms with Crippen molar-refractivity contribution in [1.82, 2.24) is 4.98 Å². The normalized spacial score (nSPS) is 14.0. The van der Waals surface area contributed by atoms with Crippen LogP contribution in [-0.4, -0.2) is 10.8 Å². The maximum atomic E-state index is 13.6. The van der Waals surface area contributed by atoms with Crippen molar-refractivity contribution in [2.24, 2.45) is 0 Å². The number of rotatable bonds is 7. The Balaban J connectivity index is 1.95. The van der Waals surface area contributed by atoms with Gasteiger partial charge in [-0.25, -0.2) is 0 Å². The van der Waals surface area contributed by atoms with Gasteiger partial charge in [0, 0.05) is 25.0 Å². The minimum absolute atomic E-state index is 0.0787. The van der Waals surface area contributed by atoms with E-state index in [-0.39, 0.29) is 35.8 Å². The fourth-order valence-electron chi connectivity index (χ4n) is 3.76. The number of nitrogens with zero attached hydrogens (tertiary/aromatic N) is 1. The first-order valence-electron chi connectivity index (χ1n) is 10.2. The second-order valence-electron chi connectivity index (χ2n) is 7.86. The topological polar surface area (TPSA) is 30.0 Å². The molecule has 3 rings (SSSR count). The van der Waals surface area contributed by atoms with Gasteiger partial charge in [0.2, 0.25) is 0 Å². The van der Waals surface area contributed by atoms with Crippen molar-refractivity contribution in [3.63, 3.8) is 0 Å². The summed E-state index contributed by atoms with van der Waals surface area (Å²) in [5.41, 5.74) is -1.26.